The Hall–Kier alpha value is -3.08. The SMILES string of the molecule is CCCN1C(=O)C(c2ccccc2OC)=C(N2CCC(Cc3ccccc3)CC2)C1=O. The molecule has 2 aliphatic rings. The van der Waals surface area contributed by atoms with Gasteiger partial charge in [-0.05, 0) is 43.2 Å². The van der Waals surface area contributed by atoms with Gasteiger partial charge in [0.1, 0.15) is 11.4 Å². The lowest BCUT2D eigenvalue weighted by molar-refractivity contribution is -0.137. The molecule has 2 heterocycles. The number of carbonyl (C=O) groups is 2. The number of para-hydroxylation sites is 1. The Bertz CT molecular complexity index is 975. The first-order chi connectivity index (χ1) is 15.1. The number of nitrogens with zero attached hydrogens (tertiary/aromatic N) is 2. The van der Waals surface area contributed by atoms with Gasteiger partial charge in [0.25, 0.3) is 11.8 Å². The number of ether oxygens (including phenoxy) is 1. The maximum absolute atomic E-state index is 13.3. The van der Waals surface area contributed by atoms with E-state index in [4.69, 9.17) is 4.74 Å². The fraction of sp³-hybridized carbons (Fsp3) is 0.385. The summed E-state index contributed by atoms with van der Waals surface area (Å²) < 4.78 is 5.52. The van der Waals surface area contributed by atoms with Gasteiger partial charge in [-0.15, -0.1) is 0 Å². The van der Waals surface area contributed by atoms with Gasteiger partial charge in [0.2, 0.25) is 0 Å². The fourth-order valence-electron chi connectivity index (χ4n) is 4.69. The first kappa shape index (κ1) is 21.2. The van der Waals surface area contributed by atoms with Crippen LogP contribution < -0.4 is 4.74 Å². The normalized spacial score (nSPS) is 17.6. The van der Waals surface area contributed by atoms with E-state index in [2.05, 4.69) is 29.2 Å². The van der Waals surface area contributed by atoms with Crippen LogP contribution in [-0.4, -0.2) is 48.4 Å². The monoisotopic (exact) mass is 418 g/mol. The van der Waals surface area contributed by atoms with Crippen molar-refractivity contribution in [3.63, 3.8) is 0 Å². The third kappa shape index (κ3) is 4.22. The third-order valence-electron chi connectivity index (χ3n) is 6.27. The molecular formula is C26H30N2O3. The standard InChI is InChI=1S/C26H30N2O3/c1-3-15-28-25(29)23(21-11-7-8-12-22(21)31-2)24(26(28)30)27-16-13-20(14-17-27)18-19-9-5-4-6-10-19/h4-12,20H,3,13-18H2,1-2H3. The van der Waals surface area contributed by atoms with Crippen molar-refractivity contribution in [3.05, 3.63) is 71.4 Å². The van der Waals surface area contributed by atoms with Crippen molar-refractivity contribution < 1.29 is 14.3 Å². The van der Waals surface area contributed by atoms with Crippen LogP contribution in [0, 0.1) is 5.92 Å². The summed E-state index contributed by atoms with van der Waals surface area (Å²) in [7, 11) is 1.60. The quantitative estimate of drug-likeness (QED) is 0.634. The van der Waals surface area contributed by atoms with E-state index >= 15 is 0 Å². The summed E-state index contributed by atoms with van der Waals surface area (Å²) in [5.41, 5.74) is 3.08. The highest BCUT2D eigenvalue weighted by atomic mass is 16.5. The van der Waals surface area contributed by atoms with Gasteiger partial charge < -0.3 is 9.64 Å². The van der Waals surface area contributed by atoms with Gasteiger partial charge in [-0.3, -0.25) is 14.5 Å². The molecule has 2 aliphatic heterocycles. The van der Waals surface area contributed by atoms with Crippen LogP contribution in [-0.2, 0) is 16.0 Å². The minimum Gasteiger partial charge on any atom is -0.496 e. The number of hydrogen-bond donors (Lipinski definition) is 0. The van der Waals surface area contributed by atoms with Gasteiger partial charge in [0.05, 0.1) is 12.7 Å². The maximum atomic E-state index is 13.3. The van der Waals surface area contributed by atoms with Crippen LogP contribution in [0.5, 0.6) is 5.75 Å². The molecule has 0 spiro atoms. The minimum atomic E-state index is -0.210. The van der Waals surface area contributed by atoms with E-state index in [1.54, 1.807) is 7.11 Å². The van der Waals surface area contributed by atoms with Gasteiger partial charge in [0, 0.05) is 25.2 Å². The van der Waals surface area contributed by atoms with Crippen molar-refractivity contribution in [2.75, 3.05) is 26.7 Å². The van der Waals surface area contributed by atoms with E-state index in [-0.39, 0.29) is 11.8 Å². The molecule has 0 N–H and O–H groups in total. The van der Waals surface area contributed by atoms with Crippen molar-refractivity contribution in [1.29, 1.82) is 0 Å². The second-order valence-electron chi connectivity index (χ2n) is 8.31. The third-order valence-corrected chi connectivity index (χ3v) is 6.27. The second-order valence-corrected chi connectivity index (χ2v) is 8.31. The Balaban J connectivity index is 1.61. The van der Waals surface area contributed by atoms with E-state index in [1.807, 2.05) is 37.3 Å². The van der Waals surface area contributed by atoms with Crippen LogP contribution in [0.25, 0.3) is 5.57 Å². The van der Waals surface area contributed by atoms with Gasteiger partial charge in [0.15, 0.2) is 0 Å². The zero-order valence-electron chi connectivity index (χ0n) is 18.3. The number of piperidine rings is 1. The number of methoxy groups -OCH3 is 1. The van der Waals surface area contributed by atoms with Crippen molar-refractivity contribution in [2.45, 2.75) is 32.6 Å². The Morgan fingerprint density at radius 3 is 2.29 bits per heavy atom. The second kappa shape index (κ2) is 9.38. The molecule has 0 radical (unpaired) electrons. The van der Waals surface area contributed by atoms with E-state index in [0.717, 1.165) is 38.8 Å². The summed E-state index contributed by atoms with van der Waals surface area (Å²) in [6.45, 7) is 3.98. The number of imide groups is 1. The summed E-state index contributed by atoms with van der Waals surface area (Å²) in [5, 5.41) is 0. The predicted octanol–water partition coefficient (Wildman–Crippen LogP) is 4.14. The van der Waals surface area contributed by atoms with Crippen LogP contribution >= 0.6 is 0 Å². The van der Waals surface area contributed by atoms with Crippen LogP contribution in [0.15, 0.2) is 60.3 Å². The number of rotatable bonds is 7. The molecule has 31 heavy (non-hydrogen) atoms. The van der Waals surface area contributed by atoms with E-state index in [9.17, 15) is 9.59 Å². The van der Waals surface area contributed by atoms with Crippen LogP contribution in [0.4, 0.5) is 0 Å². The summed E-state index contributed by atoms with van der Waals surface area (Å²) in [5.74, 6) is 0.827. The number of likely N-dealkylation sites (tertiary alicyclic amines) is 1. The molecule has 0 unspecified atom stereocenters. The van der Waals surface area contributed by atoms with Crippen LogP contribution in [0.1, 0.15) is 37.3 Å². The predicted molar refractivity (Wildman–Crippen MR) is 121 cm³/mol. The summed E-state index contributed by atoms with van der Waals surface area (Å²) in [4.78, 5) is 30.1. The highest BCUT2D eigenvalue weighted by Crippen LogP contribution is 2.37. The summed E-state index contributed by atoms with van der Waals surface area (Å²) in [6.07, 6.45) is 3.81. The maximum Gasteiger partial charge on any atom is 0.277 e. The van der Waals surface area contributed by atoms with E-state index in [1.165, 1.54) is 10.5 Å². The van der Waals surface area contributed by atoms with E-state index < -0.39 is 0 Å². The highest BCUT2D eigenvalue weighted by Gasteiger charge is 2.42. The molecule has 0 atom stereocenters. The molecule has 2 amide bonds. The van der Waals surface area contributed by atoms with E-state index in [0.29, 0.717) is 35.0 Å². The molecule has 2 aromatic rings. The average Bonchev–Trinajstić information content (AvgIpc) is 3.05. The molecule has 5 heteroatoms. The highest BCUT2D eigenvalue weighted by molar-refractivity contribution is 6.36. The number of benzene rings is 2. The molecule has 0 aliphatic carbocycles. The molecule has 1 saturated heterocycles. The molecule has 2 aromatic carbocycles. The van der Waals surface area contributed by atoms with Crippen molar-refractivity contribution in [2.24, 2.45) is 5.92 Å². The number of hydrogen-bond acceptors (Lipinski definition) is 4. The zero-order valence-corrected chi connectivity index (χ0v) is 18.3. The fourth-order valence-corrected chi connectivity index (χ4v) is 4.69. The Morgan fingerprint density at radius 2 is 1.61 bits per heavy atom. The molecule has 4 rings (SSSR count). The average molecular weight is 419 g/mol. The molecule has 1 fully saturated rings. The Kier molecular flexibility index (Phi) is 6.40. The van der Waals surface area contributed by atoms with Crippen molar-refractivity contribution in [1.82, 2.24) is 9.80 Å². The van der Waals surface area contributed by atoms with Crippen molar-refractivity contribution in [3.8, 4) is 5.75 Å². The van der Waals surface area contributed by atoms with Gasteiger partial charge >= 0.3 is 0 Å². The van der Waals surface area contributed by atoms with Gasteiger partial charge in [-0.25, -0.2) is 0 Å². The number of amides is 2. The largest absolute Gasteiger partial charge is 0.496 e. The zero-order chi connectivity index (χ0) is 21.8. The molecular weight excluding hydrogens is 388 g/mol. The van der Waals surface area contributed by atoms with Crippen LogP contribution in [0.3, 0.4) is 0 Å². The van der Waals surface area contributed by atoms with Gasteiger partial charge in [-0.2, -0.15) is 0 Å². The molecule has 0 saturated carbocycles. The minimum absolute atomic E-state index is 0.172. The first-order valence-electron chi connectivity index (χ1n) is 11.2. The summed E-state index contributed by atoms with van der Waals surface area (Å²) in [6, 6.07) is 18.0. The van der Waals surface area contributed by atoms with Gasteiger partial charge in [-0.1, -0.05) is 55.5 Å². The first-order valence-corrected chi connectivity index (χ1v) is 11.2. The molecule has 5 nitrogen and oxygen atoms in total. The Morgan fingerprint density at radius 1 is 0.935 bits per heavy atom. The lowest BCUT2D eigenvalue weighted by atomic mass is 9.89. The number of carbonyl (C=O) groups excluding carboxylic acids is 2. The lowest BCUT2D eigenvalue weighted by Crippen LogP contribution is -2.39. The smallest absolute Gasteiger partial charge is 0.277 e. The Labute approximate surface area is 184 Å². The molecule has 0 bridgehead atoms. The molecule has 0 aromatic heterocycles. The molecule has 162 valence electrons. The van der Waals surface area contributed by atoms with Crippen molar-refractivity contribution >= 4 is 17.4 Å². The summed E-state index contributed by atoms with van der Waals surface area (Å²) >= 11 is 0. The topological polar surface area (TPSA) is 49.9 Å². The van der Waals surface area contributed by atoms with Crippen LogP contribution in [0.2, 0.25) is 0 Å². The lowest BCUT2D eigenvalue weighted by Gasteiger charge is -2.34.